The van der Waals surface area contributed by atoms with Gasteiger partial charge in [-0.1, -0.05) is 11.6 Å². The van der Waals surface area contributed by atoms with Crippen molar-refractivity contribution in [3.63, 3.8) is 0 Å². The smallest absolute Gasteiger partial charge is 0.0796 e. The van der Waals surface area contributed by atoms with Gasteiger partial charge in [-0.15, -0.1) is 0 Å². The van der Waals surface area contributed by atoms with Crippen LogP contribution in [-0.4, -0.2) is 13.2 Å². The molecule has 1 spiro atoms. The first-order valence-corrected chi connectivity index (χ1v) is 5.97. The molecule has 3 rings (SSSR count). The zero-order valence-electron chi connectivity index (χ0n) is 9.09. The fourth-order valence-corrected chi connectivity index (χ4v) is 3.47. The van der Waals surface area contributed by atoms with Gasteiger partial charge in [0.05, 0.1) is 24.7 Å². The molecule has 0 aromatic carbocycles. The molecule has 2 heteroatoms. The Morgan fingerprint density at radius 2 is 2.07 bits per heavy atom. The monoisotopic (exact) mass is 203 g/mol. The molecule has 0 aromatic rings. The summed E-state index contributed by atoms with van der Waals surface area (Å²) in [5.74, 6) is 0. The molecule has 80 valence electrons. The summed E-state index contributed by atoms with van der Waals surface area (Å²) in [7, 11) is 0. The molecule has 0 atom stereocenters. The number of allylic oxidation sites excluding steroid dienone is 2. The molecule has 0 unspecified atom stereocenters. The van der Waals surface area contributed by atoms with Crippen LogP contribution in [0.2, 0.25) is 0 Å². The lowest BCUT2D eigenvalue weighted by molar-refractivity contribution is -0.188. The van der Waals surface area contributed by atoms with Crippen molar-refractivity contribution < 1.29 is 4.74 Å². The average Bonchev–Trinajstić information content (AvgIpc) is 2.17. The molecule has 1 saturated carbocycles. The first-order valence-electron chi connectivity index (χ1n) is 5.97. The van der Waals surface area contributed by atoms with Crippen LogP contribution in [0.5, 0.6) is 0 Å². The lowest BCUT2D eigenvalue weighted by atomic mass is 9.49. The Hall–Kier alpha value is -0.810. The molecule has 0 radical (unpaired) electrons. The lowest BCUT2D eigenvalue weighted by Gasteiger charge is -2.58. The highest BCUT2D eigenvalue weighted by Crippen LogP contribution is 2.62. The molecule has 2 aliphatic carbocycles. The Balaban J connectivity index is 1.78. The third kappa shape index (κ3) is 1.26. The summed E-state index contributed by atoms with van der Waals surface area (Å²) in [6.45, 7) is 1.79. The summed E-state index contributed by atoms with van der Waals surface area (Å²) in [6.07, 6.45) is 9.37. The van der Waals surface area contributed by atoms with Gasteiger partial charge in [-0.25, -0.2) is 0 Å². The molecular weight excluding hydrogens is 186 g/mol. The van der Waals surface area contributed by atoms with Crippen molar-refractivity contribution in [2.45, 2.75) is 38.5 Å². The maximum absolute atomic E-state index is 9.41. The molecule has 0 bridgehead atoms. The Morgan fingerprint density at radius 1 is 1.27 bits per heavy atom. The zero-order chi connectivity index (χ0) is 10.4. The molecule has 1 saturated heterocycles. The topological polar surface area (TPSA) is 33.0 Å². The van der Waals surface area contributed by atoms with Gasteiger partial charge in [-0.05, 0) is 38.5 Å². The zero-order valence-corrected chi connectivity index (χ0v) is 9.09. The molecule has 15 heavy (non-hydrogen) atoms. The van der Waals surface area contributed by atoms with E-state index in [1.807, 2.05) is 0 Å². The van der Waals surface area contributed by atoms with Gasteiger partial charge >= 0.3 is 0 Å². The summed E-state index contributed by atoms with van der Waals surface area (Å²) in [4.78, 5) is 0. The normalized spacial score (nSPS) is 31.0. The van der Waals surface area contributed by atoms with E-state index >= 15 is 0 Å². The minimum absolute atomic E-state index is 0.0931. The fourth-order valence-electron chi connectivity index (χ4n) is 3.47. The van der Waals surface area contributed by atoms with Crippen LogP contribution in [0.1, 0.15) is 38.5 Å². The Kier molecular flexibility index (Phi) is 1.94. The van der Waals surface area contributed by atoms with E-state index in [0.29, 0.717) is 5.41 Å². The second kappa shape index (κ2) is 3.09. The molecule has 3 aliphatic rings. The number of rotatable bonds is 1. The fraction of sp³-hybridized carbons (Fsp3) is 0.769. The van der Waals surface area contributed by atoms with E-state index in [4.69, 9.17) is 4.74 Å². The molecule has 0 N–H and O–H groups in total. The lowest BCUT2D eigenvalue weighted by Crippen LogP contribution is -2.57. The maximum atomic E-state index is 9.41. The number of nitrogens with zero attached hydrogens (tertiary/aromatic N) is 1. The van der Waals surface area contributed by atoms with Gasteiger partial charge in [0.25, 0.3) is 0 Å². The summed E-state index contributed by atoms with van der Waals surface area (Å²) < 4.78 is 5.28. The first-order chi connectivity index (χ1) is 7.29. The molecule has 1 aliphatic heterocycles. The Bertz CT molecular complexity index is 338. The van der Waals surface area contributed by atoms with Gasteiger partial charge in [-0.3, -0.25) is 0 Å². The van der Waals surface area contributed by atoms with Crippen molar-refractivity contribution in [1.29, 1.82) is 5.26 Å². The van der Waals surface area contributed by atoms with Crippen LogP contribution in [0, 0.1) is 22.2 Å². The van der Waals surface area contributed by atoms with E-state index in [0.717, 1.165) is 32.5 Å². The van der Waals surface area contributed by atoms with Crippen LogP contribution < -0.4 is 0 Å². The van der Waals surface area contributed by atoms with E-state index in [2.05, 4.69) is 12.1 Å². The van der Waals surface area contributed by atoms with Crippen LogP contribution in [0.3, 0.4) is 0 Å². The standard InChI is InChI=1S/C13H17NO/c14-8-13(11-4-2-1-3-5-11)6-12(7-13)9-15-10-12/h4H,1-3,5-7,9-10H2. The third-order valence-corrected chi connectivity index (χ3v) is 4.29. The van der Waals surface area contributed by atoms with Crippen molar-refractivity contribution in [1.82, 2.24) is 0 Å². The highest BCUT2D eigenvalue weighted by Gasteiger charge is 2.60. The highest BCUT2D eigenvalue weighted by atomic mass is 16.5. The molecule has 2 fully saturated rings. The van der Waals surface area contributed by atoms with E-state index in [1.54, 1.807) is 0 Å². The predicted octanol–water partition coefficient (Wildman–Crippen LogP) is 2.81. The van der Waals surface area contributed by atoms with Crippen molar-refractivity contribution >= 4 is 0 Å². The maximum Gasteiger partial charge on any atom is 0.0796 e. The Morgan fingerprint density at radius 3 is 2.53 bits per heavy atom. The SMILES string of the molecule is N#CC1(C2=CCCCC2)CC2(COC2)C1. The van der Waals surface area contributed by atoms with Gasteiger partial charge in [0, 0.05) is 5.41 Å². The number of hydrogen-bond acceptors (Lipinski definition) is 2. The number of ether oxygens (including phenoxy) is 1. The summed E-state index contributed by atoms with van der Waals surface area (Å²) in [5.41, 5.74) is 1.74. The highest BCUT2D eigenvalue weighted by molar-refractivity contribution is 5.32. The van der Waals surface area contributed by atoms with E-state index in [1.165, 1.54) is 24.8 Å². The van der Waals surface area contributed by atoms with Crippen molar-refractivity contribution in [3.05, 3.63) is 11.6 Å². The van der Waals surface area contributed by atoms with Gasteiger partial charge in [0.15, 0.2) is 0 Å². The van der Waals surface area contributed by atoms with E-state index in [9.17, 15) is 5.26 Å². The largest absolute Gasteiger partial charge is 0.380 e. The van der Waals surface area contributed by atoms with Gasteiger partial charge in [-0.2, -0.15) is 5.26 Å². The van der Waals surface area contributed by atoms with Crippen LogP contribution in [-0.2, 0) is 4.74 Å². The van der Waals surface area contributed by atoms with Crippen molar-refractivity contribution in [2.24, 2.45) is 10.8 Å². The van der Waals surface area contributed by atoms with Gasteiger partial charge in [0.2, 0.25) is 0 Å². The first kappa shape index (κ1) is 9.42. The summed E-state index contributed by atoms with van der Waals surface area (Å²) >= 11 is 0. The molecule has 0 aromatic heterocycles. The molecule has 1 heterocycles. The molecule has 2 nitrogen and oxygen atoms in total. The van der Waals surface area contributed by atoms with Crippen molar-refractivity contribution in [3.8, 4) is 6.07 Å². The number of nitriles is 1. The van der Waals surface area contributed by atoms with Crippen LogP contribution >= 0.6 is 0 Å². The minimum Gasteiger partial charge on any atom is -0.380 e. The second-order valence-corrected chi connectivity index (χ2v) is 5.52. The van der Waals surface area contributed by atoms with Crippen LogP contribution in [0.25, 0.3) is 0 Å². The quantitative estimate of drug-likeness (QED) is 0.614. The number of hydrogen-bond donors (Lipinski definition) is 0. The average molecular weight is 203 g/mol. The van der Waals surface area contributed by atoms with Gasteiger partial charge < -0.3 is 4.74 Å². The molecule has 0 amide bonds. The van der Waals surface area contributed by atoms with E-state index in [-0.39, 0.29) is 5.41 Å². The van der Waals surface area contributed by atoms with Crippen LogP contribution in [0.15, 0.2) is 11.6 Å². The summed E-state index contributed by atoms with van der Waals surface area (Å²) in [6, 6.07) is 2.58. The van der Waals surface area contributed by atoms with Gasteiger partial charge in [0.1, 0.15) is 0 Å². The second-order valence-electron chi connectivity index (χ2n) is 5.52. The van der Waals surface area contributed by atoms with E-state index < -0.39 is 0 Å². The third-order valence-electron chi connectivity index (χ3n) is 4.29. The molecular formula is C13H17NO. The van der Waals surface area contributed by atoms with Crippen LogP contribution in [0.4, 0.5) is 0 Å². The summed E-state index contributed by atoms with van der Waals surface area (Å²) in [5, 5.41) is 9.41. The Labute approximate surface area is 90.9 Å². The van der Waals surface area contributed by atoms with Crippen molar-refractivity contribution in [2.75, 3.05) is 13.2 Å². The minimum atomic E-state index is -0.0931. The predicted molar refractivity (Wildman–Crippen MR) is 57.1 cm³/mol.